The van der Waals surface area contributed by atoms with Gasteiger partial charge in [0.05, 0.1) is 37.3 Å². The Balaban J connectivity index is 2.98. The Morgan fingerprint density at radius 3 is 2.48 bits per heavy atom. The molecule has 2 atom stereocenters. The zero-order valence-corrected chi connectivity index (χ0v) is 17.0. The zero-order chi connectivity index (χ0) is 22.0. The van der Waals surface area contributed by atoms with Gasteiger partial charge in [0.2, 0.25) is 0 Å². The van der Waals surface area contributed by atoms with E-state index in [1.54, 1.807) is 31.2 Å². The smallest absolute Gasteiger partial charge is 0.391 e. The van der Waals surface area contributed by atoms with Crippen LogP contribution in [0.25, 0.3) is 0 Å². The van der Waals surface area contributed by atoms with E-state index in [1.807, 2.05) is 0 Å². The molecule has 29 heavy (non-hydrogen) atoms. The predicted octanol–water partition coefficient (Wildman–Crippen LogP) is 3.89. The van der Waals surface area contributed by atoms with Crippen LogP contribution in [0, 0.1) is 5.92 Å². The molecule has 0 saturated heterocycles. The van der Waals surface area contributed by atoms with Crippen molar-refractivity contribution >= 4 is 23.5 Å². The molecule has 0 bridgehead atoms. The molecule has 1 aromatic carbocycles. The van der Waals surface area contributed by atoms with Gasteiger partial charge >= 0.3 is 18.1 Å². The summed E-state index contributed by atoms with van der Waals surface area (Å²) in [6, 6.07) is 5.17. The van der Waals surface area contributed by atoms with E-state index in [4.69, 9.17) is 21.1 Å². The van der Waals surface area contributed by atoms with E-state index in [9.17, 15) is 22.8 Å². The fourth-order valence-electron chi connectivity index (χ4n) is 2.22. The number of esters is 2. The maximum atomic E-state index is 12.9. The highest BCUT2D eigenvalue weighted by atomic mass is 35.5. The minimum absolute atomic E-state index is 0.00474. The summed E-state index contributed by atoms with van der Waals surface area (Å²) in [5.74, 6) is -3.10. The van der Waals surface area contributed by atoms with E-state index in [0.717, 1.165) is 20.1 Å². The standard InChI is InChI=1S/C19H23ClF3NO5/c1-4-28-17(25)10-13(29-16-8-6-5-7-14(16)20)11-24-15(18(26)27-3)9-12(2)19(21,22)23/h5-8,10,12,15,24H,4,9,11H2,1-3H3/b13-10-. The van der Waals surface area contributed by atoms with Crippen LogP contribution >= 0.6 is 11.6 Å². The summed E-state index contributed by atoms with van der Waals surface area (Å²) < 4.78 is 53.6. The van der Waals surface area contributed by atoms with Gasteiger partial charge in [-0.2, -0.15) is 13.2 Å². The first-order chi connectivity index (χ1) is 13.6. The predicted molar refractivity (Wildman–Crippen MR) is 100 cm³/mol. The topological polar surface area (TPSA) is 73.9 Å². The molecule has 2 unspecified atom stereocenters. The molecule has 0 aliphatic heterocycles. The number of methoxy groups -OCH3 is 1. The monoisotopic (exact) mass is 437 g/mol. The molecule has 1 rings (SSSR count). The molecule has 0 heterocycles. The number of hydrogen-bond acceptors (Lipinski definition) is 6. The Morgan fingerprint density at radius 2 is 1.93 bits per heavy atom. The first-order valence-electron chi connectivity index (χ1n) is 8.76. The fourth-order valence-corrected chi connectivity index (χ4v) is 2.39. The van der Waals surface area contributed by atoms with Gasteiger partial charge in [-0.3, -0.25) is 10.1 Å². The number of nitrogens with one attached hydrogen (secondary N) is 1. The molecular formula is C19H23ClF3NO5. The SMILES string of the molecule is CCOC(=O)/C=C(/CNC(CC(C)C(F)(F)F)C(=O)OC)Oc1ccccc1Cl. The van der Waals surface area contributed by atoms with Crippen LogP contribution in [0.3, 0.4) is 0 Å². The van der Waals surface area contributed by atoms with Crippen molar-refractivity contribution < 1.29 is 37.0 Å². The van der Waals surface area contributed by atoms with Crippen molar-refractivity contribution in [3.63, 3.8) is 0 Å². The molecule has 162 valence electrons. The van der Waals surface area contributed by atoms with Crippen LogP contribution in [-0.4, -0.2) is 44.4 Å². The average Bonchev–Trinajstić information content (AvgIpc) is 2.65. The zero-order valence-electron chi connectivity index (χ0n) is 16.2. The highest BCUT2D eigenvalue weighted by Crippen LogP contribution is 2.29. The van der Waals surface area contributed by atoms with Crippen LogP contribution in [0.5, 0.6) is 5.75 Å². The molecular weight excluding hydrogens is 415 g/mol. The maximum absolute atomic E-state index is 12.9. The van der Waals surface area contributed by atoms with Gasteiger partial charge in [0.15, 0.2) is 0 Å². The van der Waals surface area contributed by atoms with Crippen LogP contribution in [0.4, 0.5) is 13.2 Å². The molecule has 0 saturated carbocycles. The number of para-hydroxylation sites is 1. The van der Waals surface area contributed by atoms with E-state index in [1.165, 1.54) is 0 Å². The van der Waals surface area contributed by atoms with Crippen molar-refractivity contribution in [3.05, 3.63) is 41.1 Å². The Bertz CT molecular complexity index is 724. The molecule has 0 aromatic heterocycles. The third-order valence-electron chi connectivity index (χ3n) is 3.80. The molecule has 10 heteroatoms. The van der Waals surface area contributed by atoms with Gasteiger partial charge in [-0.15, -0.1) is 0 Å². The number of ether oxygens (including phenoxy) is 3. The van der Waals surface area contributed by atoms with Crippen LogP contribution in [0.2, 0.25) is 5.02 Å². The minimum atomic E-state index is -4.47. The molecule has 0 fully saturated rings. The maximum Gasteiger partial charge on any atom is 0.391 e. The number of halogens is 4. The number of carbonyl (C=O) groups excluding carboxylic acids is 2. The highest BCUT2D eigenvalue weighted by Gasteiger charge is 2.39. The fraction of sp³-hybridized carbons (Fsp3) is 0.474. The number of alkyl halides is 3. The first kappa shape index (κ1) is 24.8. The third kappa shape index (κ3) is 8.74. The van der Waals surface area contributed by atoms with Crippen molar-refractivity contribution in [2.75, 3.05) is 20.3 Å². The summed E-state index contributed by atoms with van der Waals surface area (Å²) in [6.45, 7) is 2.46. The summed E-state index contributed by atoms with van der Waals surface area (Å²) in [5, 5.41) is 2.90. The first-order valence-corrected chi connectivity index (χ1v) is 9.13. The largest absolute Gasteiger partial charge is 0.468 e. The Kier molecular flexibility index (Phi) is 9.97. The Morgan fingerprint density at radius 1 is 1.28 bits per heavy atom. The van der Waals surface area contributed by atoms with Gasteiger partial charge < -0.3 is 14.2 Å². The van der Waals surface area contributed by atoms with E-state index in [-0.39, 0.29) is 29.7 Å². The number of carbonyl (C=O) groups is 2. The van der Waals surface area contributed by atoms with Crippen LogP contribution < -0.4 is 10.1 Å². The van der Waals surface area contributed by atoms with Crippen molar-refractivity contribution in [1.29, 1.82) is 0 Å². The van der Waals surface area contributed by atoms with E-state index in [0.29, 0.717) is 0 Å². The van der Waals surface area contributed by atoms with Gasteiger partial charge in [0, 0.05) is 0 Å². The minimum Gasteiger partial charge on any atom is -0.468 e. The van der Waals surface area contributed by atoms with Crippen LogP contribution in [0.15, 0.2) is 36.1 Å². The molecule has 0 aliphatic carbocycles. The number of hydrogen-bond donors (Lipinski definition) is 1. The van der Waals surface area contributed by atoms with Crippen molar-refractivity contribution in [3.8, 4) is 5.75 Å². The van der Waals surface area contributed by atoms with Crippen LogP contribution in [-0.2, 0) is 19.1 Å². The number of rotatable bonds is 10. The second kappa shape index (κ2) is 11.7. The highest BCUT2D eigenvalue weighted by molar-refractivity contribution is 6.32. The molecule has 0 spiro atoms. The lowest BCUT2D eigenvalue weighted by Gasteiger charge is -2.22. The summed E-state index contributed by atoms with van der Waals surface area (Å²) in [5.41, 5.74) is 0. The van der Waals surface area contributed by atoms with Gasteiger partial charge in [0.25, 0.3) is 0 Å². The quantitative estimate of drug-likeness (QED) is 0.340. The average molecular weight is 438 g/mol. The summed E-state index contributed by atoms with van der Waals surface area (Å²) in [6.07, 6.45) is -3.98. The lowest BCUT2D eigenvalue weighted by Crippen LogP contribution is -2.42. The van der Waals surface area contributed by atoms with Gasteiger partial charge in [0.1, 0.15) is 17.6 Å². The second-order valence-electron chi connectivity index (χ2n) is 6.03. The summed E-state index contributed by atoms with van der Waals surface area (Å²) in [7, 11) is 1.07. The Labute approximate surface area is 171 Å². The van der Waals surface area contributed by atoms with Crippen LogP contribution in [0.1, 0.15) is 20.3 Å². The lowest BCUT2D eigenvalue weighted by molar-refractivity contribution is -0.174. The van der Waals surface area contributed by atoms with Crippen molar-refractivity contribution in [2.45, 2.75) is 32.5 Å². The van der Waals surface area contributed by atoms with Crippen molar-refractivity contribution in [2.24, 2.45) is 5.92 Å². The van der Waals surface area contributed by atoms with E-state index >= 15 is 0 Å². The van der Waals surface area contributed by atoms with Gasteiger partial charge in [-0.25, -0.2) is 4.79 Å². The van der Waals surface area contributed by atoms with Gasteiger partial charge in [-0.05, 0) is 25.5 Å². The van der Waals surface area contributed by atoms with E-state index < -0.39 is 36.5 Å². The van der Waals surface area contributed by atoms with Crippen molar-refractivity contribution in [1.82, 2.24) is 5.32 Å². The lowest BCUT2D eigenvalue weighted by atomic mass is 10.0. The second-order valence-corrected chi connectivity index (χ2v) is 6.44. The molecule has 0 amide bonds. The summed E-state index contributed by atoms with van der Waals surface area (Å²) >= 11 is 6.03. The normalized spacial score (nSPS) is 14.1. The molecule has 6 nitrogen and oxygen atoms in total. The molecule has 1 N–H and O–H groups in total. The number of benzene rings is 1. The van der Waals surface area contributed by atoms with Gasteiger partial charge in [-0.1, -0.05) is 30.7 Å². The van der Waals surface area contributed by atoms with E-state index in [2.05, 4.69) is 10.1 Å². The third-order valence-corrected chi connectivity index (χ3v) is 4.11. The Hall–Kier alpha value is -2.26. The molecule has 0 radical (unpaired) electrons. The summed E-state index contributed by atoms with van der Waals surface area (Å²) in [4.78, 5) is 23.7. The molecule has 0 aliphatic rings. The molecule has 1 aromatic rings.